The van der Waals surface area contributed by atoms with Crippen molar-refractivity contribution in [3.05, 3.63) is 30.0 Å². The second kappa shape index (κ2) is 6.05. The first-order valence-corrected chi connectivity index (χ1v) is 8.44. The lowest BCUT2D eigenvalue weighted by molar-refractivity contribution is 0.0655. The summed E-state index contributed by atoms with van der Waals surface area (Å²) in [5, 5.41) is 8.38. The number of rotatable bonds is 5. The molecule has 1 atom stereocenters. The third-order valence-corrected chi connectivity index (χ3v) is 4.88. The maximum absolute atomic E-state index is 5.78. The van der Waals surface area contributed by atoms with Gasteiger partial charge in [0.25, 0.3) is 0 Å². The molecule has 0 radical (unpaired) electrons. The van der Waals surface area contributed by atoms with Crippen LogP contribution in [-0.4, -0.2) is 55.2 Å². The van der Waals surface area contributed by atoms with E-state index >= 15 is 0 Å². The summed E-state index contributed by atoms with van der Waals surface area (Å²) in [5.41, 5.74) is 0. The van der Waals surface area contributed by atoms with Crippen LogP contribution < -0.4 is 0 Å². The summed E-state index contributed by atoms with van der Waals surface area (Å²) in [5.74, 6) is 3.25. The van der Waals surface area contributed by atoms with Crippen LogP contribution in [0.15, 0.2) is 16.8 Å². The molecule has 0 unspecified atom stereocenters. The summed E-state index contributed by atoms with van der Waals surface area (Å²) in [6, 6.07) is 0.492. The highest BCUT2D eigenvalue weighted by molar-refractivity contribution is 5.00. The average Bonchev–Trinajstić information content (AvgIpc) is 3.15. The summed E-state index contributed by atoms with van der Waals surface area (Å²) in [4.78, 5) is 9.33. The maximum Gasteiger partial charge on any atom is 0.230 e. The minimum absolute atomic E-state index is 0.492. The fourth-order valence-electron chi connectivity index (χ4n) is 3.20. The third kappa shape index (κ3) is 3.30. The van der Waals surface area contributed by atoms with Crippen molar-refractivity contribution >= 4 is 0 Å². The minimum atomic E-state index is 0.492. The van der Waals surface area contributed by atoms with Crippen molar-refractivity contribution in [2.24, 2.45) is 7.05 Å². The van der Waals surface area contributed by atoms with E-state index in [1.54, 1.807) is 0 Å². The van der Waals surface area contributed by atoms with E-state index in [0.29, 0.717) is 12.0 Å². The highest BCUT2D eigenvalue weighted by Gasteiger charge is 2.30. The summed E-state index contributed by atoms with van der Waals surface area (Å²) in [6.07, 6.45) is 6.27. The predicted octanol–water partition coefficient (Wildman–Crippen LogP) is 1.39. The Balaban J connectivity index is 1.32. The standard InChI is InChI=1S/C16H24N6O/c1-12-9-21(11-15-18-19-16(23-15)13-3-4-13)7-8-22(12)10-14-17-5-6-20(14)2/h5-6,12-13H,3-4,7-11H2,1-2H3/t12-/m0/s1. The minimum Gasteiger partial charge on any atom is -0.424 e. The lowest BCUT2D eigenvalue weighted by atomic mass is 10.2. The number of hydrogen-bond donors (Lipinski definition) is 0. The molecule has 2 fully saturated rings. The summed E-state index contributed by atoms with van der Waals surface area (Å²) in [6.45, 7) is 7.03. The highest BCUT2D eigenvalue weighted by atomic mass is 16.4. The molecule has 23 heavy (non-hydrogen) atoms. The van der Waals surface area contributed by atoms with Gasteiger partial charge in [-0.05, 0) is 19.8 Å². The van der Waals surface area contributed by atoms with Crippen LogP contribution in [0.3, 0.4) is 0 Å². The molecule has 1 saturated heterocycles. The van der Waals surface area contributed by atoms with E-state index in [9.17, 15) is 0 Å². The van der Waals surface area contributed by atoms with Crippen molar-refractivity contribution < 1.29 is 4.42 Å². The zero-order valence-electron chi connectivity index (χ0n) is 13.9. The monoisotopic (exact) mass is 316 g/mol. The van der Waals surface area contributed by atoms with Gasteiger partial charge >= 0.3 is 0 Å². The molecule has 0 aromatic carbocycles. The van der Waals surface area contributed by atoms with Crippen LogP contribution in [0, 0.1) is 0 Å². The number of piperazine rings is 1. The second-order valence-corrected chi connectivity index (χ2v) is 6.82. The van der Waals surface area contributed by atoms with Gasteiger partial charge in [0.1, 0.15) is 5.82 Å². The molecule has 3 heterocycles. The Morgan fingerprint density at radius 3 is 2.78 bits per heavy atom. The summed E-state index contributed by atoms with van der Waals surface area (Å²) >= 11 is 0. The highest BCUT2D eigenvalue weighted by Crippen LogP contribution is 2.39. The molecule has 0 N–H and O–H groups in total. The van der Waals surface area contributed by atoms with Gasteiger partial charge in [0.2, 0.25) is 11.8 Å². The van der Waals surface area contributed by atoms with Crippen molar-refractivity contribution in [3.63, 3.8) is 0 Å². The van der Waals surface area contributed by atoms with E-state index in [1.807, 2.05) is 12.4 Å². The van der Waals surface area contributed by atoms with Crippen LogP contribution in [0.25, 0.3) is 0 Å². The molecule has 2 aliphatic rings. The van der Waals surface area contributed by atoms with Crippen LogP contribution >= 0.6 is 0 Å². The van der Waals surface area contributed by atoms with Crippen molar-refractivity contribution in [2.75, 3.05) is 19.6 Å². The fraction of sp³-hybridized carbons (Fsp3) is 0.688. The lowest BCUT2D eigenvalue weighted by Gasteiger charge is -2.39. The molecular weight excluding hydrogens is 292 g/mol. The van der Waals surface area contributed by atoms with Crippen molar-refractivity contribution in [2.45, 2.75) is 44.8 Å². The molecular formula is C16H24N6O. The first-order chi connectivity index (χ1) is 11.2. The first-order valence-electron chi connectivity index (χ1n) is 8.44. The van der Waals surface area contributed by atoms with Gasteiger partial charge < -0.3 is 8.98 Å². The van der Waals surface area contributed by atoms with Gasteiger partial charge in [-0.15, -0.1) is 10.2 Å². The fourth-order valence-corrected chi connectivity index (χ4v) is 3.20. The molecule has 7 heteroatoms. The maximum atomic E-state index is 5.78. The molecule has 0 bridgehead atoms. The molecule has 0 spiro atoms. The number of nitrogens with zero attached hydrogens (tertiary/aromatic N) is 6. The number of imidazole rings is 1. The van der Waals surface area contributed by atoms with Crippen LogP contribution in [-0.2, 0) is 20.1 Å². The van der Waals surface area contributed by atoms with Crippen molar-refractivity contribution in [1.82, 2.24) is 29.5 Å². The van der Waals surface area contributed by atoms with E-state index in [2.05, 4.69) is 43.5 Å². The molecule has 0 amide bonds. The quantitative estimate of drug-likeness (QED) is 0.830. The molecule has 4 rings (SSSR count). The van der Waals surface area contributed by atoms with E-state index in [4.69, 9.17) is 4.42 Å². The van der Waals surface area contributed by atoms with Gasteiger partial charge in [-0.25, -0.2) is 4.98 Å². The topological polar surface area (TPSA) is 63.2 Å². The average molecular weight is 316 g/mol. The third-order valence-electron chi connectivity index (χ3n) is 4.88. The Labute approximate surface area is 136 Å². The van der Waals surface area contributed by atoms with Gasteiger partial charge in [0, 0.05) is 51.0 Å². The van der Waals surface area contributed by atoms with Gasteiger partial charge in [-0.1, -0.05) is 0 Å². The van der Waals surface area contributed by atoms with Gasteiger partial charge in [-0.3, -0.25) is 9.80 Å². The van der Waals surface area contributed by atoms with E-state index in [1.165, 1.54) is 12.8 Å². The Bertz CT molecular complexity index is 661. The number of aryl methyl sites for hydroxylation is 1. The van der Waals surface area contributed by atoms with E-state index in [0.717, 1.165) is 50.3 Å². The summed E-state index contributed by atoms with van der Waals surface area (Å²) in [7, 11) is 2.05. The van der Waals surface area contributed by atoms with Crippen LogP contribution in [0.2, 0.25) is 0 Å². The molecule has 1 aliphatic carbocycles. The van der Waals surface area contributed by atoms with Crippen LogP contribution in [0.4, 0.5) is 0 Å². The zero-order chi connectivity index (χ0) is 15.8. The largest absolute Gasteiger partial charge is 0.424 e. The Hall–Kier alpha value is -1.73. The van der Waals surface area contributed by atoms with Crippen LogP contribution in [0.5, 0.6) is 0 Å². The predicted molar refractivity (Wildman–Crippen MR) is 84.6 cm³/mol. The van der Waals surface area contributed by atoms with Gasteiger partial charge in [0.05, 0.1) is 13.1 Å². The molecule has 1 aliphatic heterocycles. The normalized spacial score (nSPS) is 23.5. The Morgan fingerprint density at radius 2 is 2.09 bits per heavy atom. The second-order valence-electron chi connectivity index (χ2n) is 6.82. The molecule has 1 saturated carbocycles. The van der Waals surface area contributed by atoms with Gasteiger partial charge in [-0.2, -0.15) is 0 Å². The zero-order valence-corrected chi connectivity index (χ0v) is 13.9. The molecule has 124 valence electrons. The van der Waals surface area contributed by atoms with E-state index < -0.39 is 0 Å². The summed E-state index contributed by atoms with van der Waals surface area (Å²) < 4.78 is 7.88. The number of hydrogen-bond acceptors (Lipinski definition) is 6. The SMILES string of the molecule is C[C@H]1CN(Cc2nnc(C3CC3)o2)CCN1Cc1nccn1C. The molecule has 2 aromatic heterocycles. The first kappa shape index (κ1) is 14.8. The number of aromatic nitrogens is 4. The van der Waals surface area contributed by atoms with Crippen LogP contribution in [0.1, 0.15) is 43.3 Å². The van der Waals surface area contributed by atoms with Crippen molar-refractivity contribution in [3.8, 4) is 0 Å². The Kier molecular flexibility index (Phi) is 3.90. The molecule has 7 nitrogen and oxygen atoms in total. The van der Waals surface area contributed by atoms with Gasteiger partial charge in [0.15, 0.2) is 0 Å². The van der Waals surface area contributed by atoms with E-state index in [-0.39, 0.29) is 0 Å². The molecule has 2 aromatic rings. The lowest BCUT2D eigenvalue weighted by Crippen LogP contribution is -2.51. The Morgan fingerprint density at radius 1 is 1.22 bits per heavy atom. The smallest absolute Gasteiger partial charge is 0.230 e. The van der Waals surface area contributed by atoms with Crippen molar-refractivity contribution in [1.29, 1.82) is 0 Å².